The molecule has 0 saturated heterocycles. The maximum Gasteiger partial charge on any atom is 0.416 e. The molecular formula is C8H6F3IO. The van der Waals surface area contributed by atoms with Gasteiger partial charge in [0.15, 0.2) is 0 Å². The van der Waals surface area contributed by atoms with Crippen molar-refractivity contribution in [2.75, 3.05) is 7.11 Å². The highest BCUT2D eigenvalue weighted by Crippen LogP contribution is 2.33. The summed E-state index contributed by atoms with van der Waals surface area (Å²) < 4.78 is 42.0. The molecule has 0 atom stereocenters. The summed E-state index contributed by atoms with van der Waals surface area (Å²) in [7, 11) is 1.34. The van der Waals surface area contributed by atoms with Crippen molar-refractivity contribution >= 4 is 22.6 Å². The van der Waals surface area contributed by atoms with Crippen molar-refractivity contribution < 1.29 is 17.9 Å². The summed E-state index contributed by atoms with van der Waals surface area (Å²) in [6.45, 7) is 0. The fraction of sp³-hybridized carbons (Fsp3) is 0.250. The van der Waals surface area contributed by atoms with Crippen LogP contribution in [0.2, 0.25) is 0 Å². The van der Waals surface area contributed by atoms with Gasteiger partial charge in [0.25, 0.3) is 0 Å². The molecule has 1 aromatic rings. The molecule has 0 bridgehead atoms. The quantitative estimate of drug-likeness (QED) is 0.723. The SMILES string of the molecule is COc1cc(C(F)(F)F)ccc1I. The smallest absolute Gasteiger partial charge is 0.416 e. The molecule has 1 nitrogen and oxygen atoms in total. The maximum absolute atomic E-state index is 12.2. The van der Waals surface area contributed by atoms with Gasteiger partial charge >= 0.3 is 6.18 Å². The van der Waals surface area contributed by atoms with Gasteiger partial charge in [-0.2, -0.15) is 13.2 Å². The Morgan fingerprint density at radius 1 is 1.31 bits per heavy atom. The van der Waals surface area contributed by atoms with E-state index < -0.39 is 11.7 Å². The predicted molar refractivity (Wildman–Crippen MR) is 50.7 cm³/mol. The summed E-state index contributed by atoms with van der Waals surface area (Å²) in [5, 5.41) is 0. The Labute approximate surface area is 87.0 Å². The van der Waals surface area contributed by atoms with Crippen molar-refractivity contribution in [3.63, 3.8) is 0 Å². The summed E-state index contributed by atoms with van der Waals surface area (Å²) in [5.74, 6) is 0.246. The van der Waals surface area contributed by atoms with Crippen molar-refractivity contribution in [2.45, 2.75) is 6.18 Å². The van der Waals surface area contributed by atoms with E-state index in [1.807, 2.05) is 22.6 Å². The molecule has 0 aliphatic rings. The van der Waals surface area contributed by atoms with E-state index >= 15 is 0 Å². The number of hydrogen-bond donors (Lipinski definition) is 0. The summed E-state index contributed by atoms with van der Waals surface area (Å²) in [5.41, 5.74) is -0.690. The van der Waals surface area contributed by atoms with Gasteiger partial charge in [-0.3, -0.25) is 0 Å². The minimum Gasteiger partial charge on any atom is -0.496 e. The molecule has 0 aliphatic carbocycles. The lowest BCUT2D eigenvalue weighted by atomic mass is 10.2. The molecule has 0 aromatic heterocycles. The average molecular weight is 302 g/mol. The lowest BCUT2D eigenvalue weighted by molar-refractivity contribution is -0.137. The molecule has 0 saturated carbocycles. The number of hydrogen-bond acceptors (Lipinski definition) is 1. The zero-order valence-corrected chi connectivity index (χ0v) is 8.81. The first-order valence-corrected chi connectivity index (χ1v) is 4.44. The van der Waals surface area contributed by atoms with Gasteiger partial charge < -0.3 is 4.74 Å². The molecule has 1 rings (SSSR count). The zero-order chi connectivity index (χ0) is 10.1. The van der Waals surface area contributed by atoms with Crippen LogP contribution in [-0.4, -0.2) is 7.11 Å². The van der Waals surface area contributed by atoms with Crippen LogP contribution in [0.25, 0.3) is 0 Å². The second-order valence-corrected chi connectivity index (χ2v) is 3.51. The number of halogens is 4. The second kappa shape index (κ2) is 3.73. The second-order valence-electron chi connectivity index (χ2n) is 2.35. The Morgan fingerprint density at radius 2 is 1.92 bits per heavy atom. The van der Waals surface area contributed by atoms with Gasteiger partial charge in [0, 0.05) is 0 Å². The number of benzene rings is 1. The van der Waals surface area contributed by atoms with Crippen molar-refractivity contribution in [3.05, 3.63) is 27.3 Å². The number of ether oxygens (including phenoxy) is 1. The van der Waals surface area contributed by atoms with E-state index in [-0.39, 0.29) is 5.75 Å². The van der Waals surface area contributed by atoms with Crippen LogP contribution in [-0.2, 0) is 6.18 Å². The van der Waals surface area contributed by atoms with Crippen LogP contribution in [0.15, 0.2) is 18.2 Å². The molecule has 0 N–H and O–H groups in total. The predicted octanol–water partition coefficient (Wildman–Crippen LogP) is 3.32. The minimum atomic E-state index is -4.31. The third-order valence-electron chi connectivity index (χ3n) is 1.48. The molecule has 0 unspecified atom stereocenters. The molecule has 0 heterocycles. The van der Waals surface area contributed by atoms with E-state index in [0.717, 1.165) is 12.1 Å². The van der Waals surface area contributed by atoms with E-state index in [1.54, 1.807) is 0 Å². The zero-order valence-electron chi connectivity index (χ0n) is 6.65. The van der Waals surface area contributed by atoms with E-state index in [4.69, 9.17) is 4.74 Å². The van der Waals surface area contributed by atoms with Crippen molar-refractivity contribution in [1.82, 2.24) is 0 Å². The molecule has 0 amide bonds. The Morgan fingerprint density at radius 3 is 2.38 bits per heavy atom. The molecule has 13 heavy (non-hydrogen) atoms. The Balaban J connectivity index is 3.14. The first-order chi connectivity index (χ1) is 5.95. The van der Waals surface area contributed by atoms with E-state index in [0.29, 0.717) is 3.57 Å². The van der Waals surface area contributed by atoms with Crippen molar-refractivity contribution in [2.24, 2.45) is 0 Å². The summed E-state index contributed by atoms with van der Waals surface area (Å²) >= 11 is 1.91. The monoisotopic (exact) mass is 302 g/mol. The first-order valence-electron chi connectivity index (χ1n) is 3.36. The van der Waals surface area contributed by atoms with E-state index in [9.17, 15) is 13.2 Å². The number of rotatable bonds is 1. The standard InChI is InChI=1S/C8H6F3IO/c1-13-7-4-5(8(9,10)11)2-3-6(7)12/h2-4H,1H3. The average Bonchev–Trinajstić information content (AvgIpc) is 2.03. The van der Waals surface area contributed by atoms with Gasteiger partial charge in [0.1, 0.15) is 5.75 Å². The Kier molecular flexibility index (Phi) is 3.05. The third kappa shape index (κ3) is 2.49. The van der Waals surface area contributed by atoms with Crippen LogP contribution in [0, 0.1) is 3.57 Å². The fourth-order valence-corrected chi connectivity index (χ4v) is 1.39. The van der Waals surface area contributed by atoms with Crippen LogP contribution >= 0.6 is 22.6 Å². The van der Waals surface area contributed by atoms with Crippen LogP contribution in [0.4, 0.5) is 13.2 Å². The molecule has 0 aliphatic heterocycles. The van der Waals surface area contributed by atoms with Gasteiger partial charge in [-0.25, -0.2) is 0 Å². The maximum atomic E-state index is 12.2. The molecule has 0 fully saturated rings. The topological polar surface area (TPSA) is 9.23 Å². The van der Waals surface area contributed by atoms with Crippen LogP contribution < -0.4 is 4.74 Å². The van der Waals surface area contributed by atoms with Gasteiger partial charge in [-0.05, 0) is 40.8 Å². The molecule has 1 aromatic carbocycles. The van der Waals surface area contributed by atoms with Crippen molar-refractivity contribution in [3.8, 4) is 5.75 Å². The fourth-order valence-electron chi connectivity index (χ4n) is 0.836. The third-order valence-corrected chi connectivity index (χ3v) is 2.37. The first kappa shape index (κ1) is 10.6. The highest BCUT2D eigenvalue weighted by molar-refractivity contribution is 14.1. The van der Waals surface area contributed by atoms with Gasteiger partial charge in [0.05, 0.1) is 16.2 Å². The van der Waals surface area contributed by atoms with Crippen LogP contribution in [0.5, 0.6) is 5.75 Å². The summed E-state index contributed by atoms with van der Waals surface area (Å²) in [4.78, 5) is 0. The van der Waals surface area contributed by atoms with Gasteiger partial charge in [-0.1, -0.05) is 0 Å². The van der Waals surface area contributed by atoms with Crippen LogP contribution in [0.3, 0.4) is 0 Å². The van der Waals surface area contributed by atoms with Crippen molar-refractivity contribution in [1.29, 1.82) is 0 Å². The Hall–Kier alpha value is -0.460. The highest BCUT2D eigenvalue weighted by atomic mass is 127. The molecule has 72 valence electrons. The molecular weight excluding hydrogens is 296 g/mol. The van der Waals surface area contributed by atoms with Gasteiger partial charge in [0.2, 0.25) is 0 Å². The lowest BCUT2D eigenvalue weighted by Gasteiger charge is -2.09. The number of methoxy groups -OCH3 is 1. The largest absolute Gasteiger partial charge is 0.496 e. The molecule has 0 radical (unpaired) electrons. The lowest BCUT2D eigenvalue weighted by Crippen LogP contribution is -2.05. The van der Waals surface area contributed by atoms with Crippen LogP contribution in [0.1, 0.15) is 5.56 Å². The van der Waals surface area contributed by atoms with E-state index in [1.165, 1.54) is 13.2 Å². The Bertz CT molecular complexity index is 309. The number of alkyl halides is 3. The molecule has 5 heteroatoms. The summed E-state index contributed by atoms with van der Waals surface area (Å²) in [6, 6.07) is 3.40. The highest BCUT2D eigenvalue weighted by Gasteiger charge is 2.30. The minimum absolute atomic E-state index is 0.246. The van der Waals surface area contributed by atoms with E-state index in [2.05, 4.69) is 0 Å². The molecule has 0 spiro atoms. The van der Waals surface area contributed by atoms with Gasteiger partial charge in [-0.15, -0.1) is 0 Å². The summed E-state index contributed by atoms with van der Waals surface area (Å²) in [6.07, 6.45) is -4.31. The normalized spacial score (nSPS) is 11.5.